The van der Waals surface area contributed by atoms with Gasteiger partial charge in [-0.1, -0.05) is 6.92 Å². The molecule has 0 aromatic rings. The summed E-state index contributed by atoms with van der Waals surface area (Å²) in [6.07, 6.45) is -3.34. The van der Waals surface area contributed by atoms with Crippen LogP contribution in [0.15, 0.2) is 4.99 Å². The normalized spacial score (nSPS) is 28.9. The fourth-order valence-corrected chi connectivity index (χ4v) is 3.79. The van der Waals surface area contributed by atoms with E-state index in [2.05, 4.69) is 41.3 Å². The molecule has 2 saturated heterocycles. The number of nitrogens with zero attached hydrogens (tertiary/aromatic N) is 3. The molecule has 2 aliphatic rings. The lowest BCUT2D eigenvalue weighted by molar-refractivity contribution is -0.143. The first-order chi connectivity index (χ1) is 12.2. The highest BCUT2D eigenvalue weighted by molar-refractivity contribution is 5.80. The van der Waals surface area contributed by atoms with E-state index in [4.69, 9.17) is 0 Å². The van der Waals surface area contributed by atoms with Crippen LogP contribution in [0.1, 0.15) is 34.1 Å². The monoisotopic (exact) mass is 377 g/mol. The summed E-state index contributed by atoms with van der Waals surface area (Å²) in [6, 6.07) is 0.877. The van der Waals surface area contributed by atoms with E-state index < -0.39 is 12.7 Å². The molecule has 3 atom stereocenters. The van der Waals surface area contributed by atoms with Crippen LogP contribution in [0.3, 0.4) is 0 Å². The molecule has 2 aliphatic heterocycles. The van der Waals surface area contributed by atoms with Gasteiger partial charge in [-0.2, -0.15) is 13.2 Å². The lowest BCUT2D eigenvalue weighted by atomic mass is 10.1. The van der Waals surface area contributed by atoms with Crippen molar-refractivity contribution in [3.05, 3.63) is 0 Å². The van der Waals surface area contributed by atoms with E-state index in [1.807, 2.05) is 6.92 Å². The standard InChI is InChI=1S/C18H34F3N5/c1-5-22-17(24-16-11-26(13(2)3)9-14(16)4)23-8-15-6-7-25(10-15)12-18(19,20)21/h13-16H,5-12H2,1-4H3,(H2,22,23,24). The molecular weight excluding hydrogens is 343 g/mol. The second kappa shape index (κ2) is 9.26. The molecular formula is C18H34F3N5. The third kappa shape index (κ3) is 6.61. The Kier molecular flexibility index (Phi) is 7.58. The minimum Gasteiger partial charge on any atom is -0.357 e. The number of likely N-dealkylation sites (tertiary alicyclic amines) is 2. The molecule has 2 N–H and O–H groups in total. The highest BCUT2D eigenvalue weighted by Gasteiger charge is 2.34. The maximum atomic E-state index is 12.5. The third-order valence-corrected chi connectivity index (χ3v) is 5.32. The number of hydrogen-bond acceptors (Lipinski definition) is 3. The number of rotatable bonds is 6. The summed E-state index contributed by atoms with van der Waals surface area (Å²) in [7, 11) is 0. The van der Waals surface area contributed by atoms with Crippen molar-refractivity contribution in [2.75, 3.05) is 45.8 Å². The summed E-state index contributed by atoms with van der Waals surface area (Å²) < 4.78 is 37.5. The Morgan fingerprint density at radius 3 is 2.54 bits per heavy atom. The first-order valence-corrected chi connectivity index (χ1v) is 9.76. The fraction of sp³-hybridized carbons (Fsp3) is 0.944. The zero-order chi connectivity index (χ0) is 19.3. The summed E-state index contributed by atoms with van der Waals surface area (Å²) in [6.45, 7) is 12.3. The van der Waals surface area contributed by atoms with Crippen molar-refractivity contribution < 1.29 is 13.2 Å². The second-order valence-corrected chi connectivity index (χ2v) is 8.00. The maximum Gasteiger partial charge on any atom is 0.401 e. The highest BCUT2D eigenvalue weighted by Crippen LogP contribution is 2.23. The lowest BCUT2D eigenvalue weighted by Gasteiger charge is -2.22. The summed E-state index contributed by atoms with van der Waals surface area (Å²) in [4.78, 5) is 8.60. The largest absolute Gasteiger partial charge is 0.401 e. The topological polar surface area (TPSA) is 42.9 Å². The van der Waals surface area contributed by atoms with Crippen molar-refractivity contribution in [3.63, 3.8) is 0 Å². The van der Waals surface area contributed by atoms with Gasteiger partial charge in [0, 0.05) is 44.8 Å². The quantitative estimate of drug-likeness (QED) is 0.550. The van der Waals surface area contributed by atoms with E-state index in [0.717, 1.165) is 32.0 Å². The number of aliphatic imine (C=N–C) groups is 1. The van der Waals surface area contributed by atoms with Crippen LogP contribution >= 0.6 is 0 Å². The molecule has 0 bridgehead atoms. The zero-order valence-corrected chi connectivity index (χ0v) is 16.4. The van der Waals surface area contributed by atoms with E-state index in [-0.39, 0.29) is 5.92 Å². The van der Waals surface area contributed by atoms with Crippen LogP contribution in [0, 0.1) is 11.8 Å². The summed E-state index contributed by atoms with van der Waals surface area (Å²) in [5.74, 6) is 1.51. The first kappa shape index (κ1) is 21.3. The van der Waals surface area contributed by atoms with Crippen molar-refractivity contribution >= 4 is 5.96 Å². The molecule has 3 unspecified atom stereocenters. The van der Waals surface area contributed by atoms with Crippen molar-refractivity contribution in [2.45, 2.75) is 52.4 Å². The van der Waals surface area contributed by atoms with Gasteiger partial charge < -0.3 is 10.6 Å². The van der Waals surface area contributed by atoms with Crippen LogP contribution in [0.2, 0.25) is 0 Å². The van der Waals surface area contributed by atoms with Gasteiger partial charge in [-0.05, 0) is 45.6 Å². The summed E-state index contributed by atoms with van der Waals surface area (Å²) in [5.41, 5.74) is 0. The van der Waals surface area contributed by atoms with Crippen LogP contribution in [0.4, 0.5) is 13.2 Å². The van der Waals surface area contributed by atoms with Gasteiger partial charge in [-0.25, -0.2) is 0 Å². The van der Waals surface area contributed by atoms with Crippen LogP contribution in [0.25, 0.3) is 0 Å². The van der Waals surface area contributed by atoms with Crippen LogP contribution < -0.4 is 10.6 Å². The molecule has 2 fully saturated rings. The van der Waals surface area contributed by atoms with E-state index in [9.17, 15) is 13.2 Å². The summed E-state index contributed by atoms with van der Waals surface area (Å²) in [5, 5.41) is 6.80. The fourth-order valence-electron chi connectivity index (χ4n) is 3.79. The van der Waals surface area contributed by atoms with Crippen LogP contribution in [-0.2, 0) is 0 Å². The summed E-state index contributed by atoms with van der Waals surface area (Å²) >= 11 is 0. The molecule has 0 aromatic carbocycles. The van der Waals surface area contributed by atoms with Crippen LogP contribution in [-0.4, -0.2) is 79.8 Å². The van der Waals surface area contributed by atoms with E-state index in [0.29, 0.717) is 37.6 Å². The number of halogens is 3. The maximum absolute atomic E-state index is 12.5. The number of alkyl halides is 3. The van der Waals surface area contributed by atoms with Gasteiger partial charge in [0.15, 0.2) is 5.96 Å². The minimum absolute atomic E-state index is 0.195. The molecule has 0 saturated carbocycles. The molecule has 26 heavy (non-hydrogen) atoms. The molecule has 0 aromatic heterocycles. The molecule has 0 radical (unpaired) electrons. The lowest BCUT2D eigenvalue weighted by Crippen LogP contribution is -2.47. The van der Waals surface area contributed by atoms with E-state index in [1.165, 1.54) is 4.90 Å². The van der Waals surface area contributed by atoms with Crippen molar-refractivity contribution in [3.8, 4) is 0 Å². The molecule has 0 amide bonds. The second-order valence-electron chi connectivity index (χ2n) is 8.00. The predicted octanol–water partition coefficient (Wildman–Crippen LogP) is 2.15. The smallest absolute Gasteiger partial charge is 0.357 e. The molecule has 152 valence electrons. The van der Waals surface area contributed by atoms with Crippen molar-refractivity contribution in [1.29, 1.82) is 0 Å². The number of hydrogen-bond donors (Lipinski definition) is 2. The Labute approximate surface area is 155 Å². The minimum atomic E-state index is -4.12. The Hall–Kier alpha value is -1.02. The molecule has 0 aliphatic carbocycles. The first-order valence-electron chi connectivity index (χ1n) is 9.76. The van der Waals surface area contributed by atoms with Gasteiger partial charge in [-0.15, -0.1) is 0 Å². The zero-order valence-electron chi connectivity index (χ0n) is 16.4. The van der Waals surface area contributed by atoms with Gasteiger partial charge in [-0.3, -0.25) is 14.8 Å². The number of nitrogens with one attached hydrogen (secondary N) is 2. The van der Waals surface area contributed by atoms with Crippen molar-refractivity contribution in [1.82, 2.24) is 20.4 Å². The van der Waals surface area contributed by atoms with E-state index >= 15 is 0 Å². The van der Waals surface area contributed by atoms with Gasteiger partial charge in [0.1, 0.15) is 0 Å². The van der Waals surface area contributed by atoms with Gasteiger partial charge in [0.05, 0.1) is 6.54 Å². The van der Waals surface area contributed by atoms with Gasteiger partial charge >= 0.3 is 6.18 Å². The molecule has 8 heteroatoms. The Morgan fingerprint density at radius 1 is 1.23 bits per heavy atom. The Morgan fingerprint density at radius 2 is 1.96 bits per heavy atom. The molecule has 2 heterocycles. The SMILES string of the molecule is CCNC(=NCC1CCN(CC(F)(F)F)C1)NC1CN(C(C)C)CC1C. The molecule has 0 spiro atoms. The third-order valence-electron chi connectivity index (χ3n) is 5.32. The van der Waals surface area contributed by atoms with E-state index in [1.54, 1.807) is 0 Å². The molecule has 5 nitrogen and oxygen atoms in total. The van der Waals surface area contributed by atoms with Gasteiger partial charge in [0.25, 0.3) is 0 Å². The Balaban J connectivity index is 1.85. The molecule has 2 rings (SSSR count). The highest BCUT2D eigenvalue weighted by atomic mass is 19.4. The van der Waals surface area contributed by atoms with Gasteiger partial charge in [0.2, 0.25) is 0 Å². The van der Waals surface area contributed by atoms with Crippen LogP contribution in [0.5, 0.6) is 0 Å². The Bertz CT molecular complexity index is 466. The predicted molar refractivity (Wildman–Crippen MR) is 99.4 cm³/mol. The van der Waals surface area contributed by atoms with Crippen molar-refractivity contribution in [2.24, 2.45) is 16.8 Å². The average Bonchev–Trinajstić information content (AvgIpc) is 3.10. The number of guanidine groups is 1. The average molecular weight is 377 g/mol.